The van der Waals surface area contributed by atoms with Crippen molar-refractivity contribution in [1.82, 2.24) is 42.5 Å². The zero-order valence-electron chi connectivity index (χ0n) is 35.6. The number of phenols is 1. The van der Waals surface area contributed by atoms with Crippen LogP contribution in [0.3, 0.4) is 0 Å². The molecule has 23 heteroatoms. The van der Waals surface area contributed by atoms with E-state index in [1.54, 1.807) is 50.2 Å². The lowest BCUT2D eigenvalue weighted by atomic mass is 9.99. The third-order valence-electron chi connectivity index (χ3n) is 9.33. The number of nitrogens with one attached hydrogen (secondary N) is 10. The molecule has 0 aliphatic carbocycles. The number of phenolic OH excluding ortho intramolecular Hbond substituents is 1. The molecular formula is C40H63N15O8. The van der Waals surface area contributed by atoms with Gasteiger partial charge >= 0.3 is 0 Å². The summed E-state index contributed by atoms with van der Waals surface area (Å²) in [5.41, 5.74) is 29.9. The summed E-state index contributed by atoms with van der Waals surface area (Å²) in [6, 6.07) is 6.83. The number of nitrogens with two attached hydrogens (primary N) is 5. The summed E-state index contributed by atoms with van der Waals surface area (Å²) in [6.45, 7) is 2.93. The van der Waals surface area contributed by atoms with E-state index in [1.165, 1.54) is 12.1 Å². The van der Waals surface area contributed by atoms with Gasteiger partial charge in [0.25, 0.3) is 0 Å². The minimum Gasteiger partial charge on any atom is -0.508 e. The molecule has 0 aliphatic rings. The Bertz CT molecular complexity index is 1900. The van der Waals surface area contributed by atoms with E-state index in [9.17, 15) is 38.7 Å². The van der Waals surface area contributed by atoms with Gasteiger partial charge in [-0.1, -0.05) is 44.2 Å². The average Bonchev–Trinajstić information content (AvgIpc) is 3.21. The maximum Gasteiger partial charge on any atom is 0.243 e. The van der Waals surface area contributed by atoms with Crippen molar-refractivity contribution in [3.05, 3.63) is 59.7 Å². The van der Waals surface area contributed by atoms with Crippen molar-refractivity contribution in [1.29, 1.82) is 10.8 Å². The number of hydrogen-bond donors (Lipinski definition) is 16. The lowest BCUT2D eigenvalue weighted by Gasteiger charge is -2.27. The van der Waals surface area contributed by atoms with Crippen molar-refractivity contribution in [2.75, 3.05) is 31.9 Å². The van der Waals surface area contributed by atoms with Crippen molar-refractivity contribution >= 4 is 59.0 Å². The molecule has 0 unspecified atom stereocenters. The quantitative estimate of drug-likeness (QED) is 0.0178. The minimum atomic E-state index is -1.32. The Hall–Kier alpha value is -7.17. The molecule has 0 heterocycles. The summed E-state index contributed by atoms with van der Waals surface area (Å²) in [6.07, 6.45) is 0.787. The molecule has 0 bridgehead atoms. The zero-order valence-corrected chi connectivity index (χ0v) is 35.6. The van der Waals surface area contributed by atoms with Crippen LogP contribution >= 0.6 is 0 Å². The molecule has 0 spiro atoms. The van der Waals surface area contributed by atoms with Gasteiger partial charge in [0.1, 0.15) is 29.9 Å². The Balaban J connectivity index is 2.19. The monoisotopic (exact) mass is 881 g/mol. The molecule has 2 aromatic carbocycles. The molecule has 0 aliphatic heterocycles. The van der Waals surface area contributed by atoms with Crippen LogP contribution in [0.25, 0.3) is 0 Å². The molecule has 2 aromatic rings. The zero-order chi connectivity index (χ0) is 47.1. The predicted molar refractivity (Wildman–Crippen MR) is 235 cm³/mol. The molecular weight excluding hydrogens is 819 g/mol. The highest BCUT2D eigenvalue weighted by molar-refractivity contribution is 5.96. The standard InChI is InChI=1S/C40H63N15O8/c1-22(2)17-30(37(62)54-29(10-6-16-49-40(46)47)36(61)53-28(34(43)59)9-5-15-48-39(44)45)55-38(63)31(19-24-7-3-4-8-26(24)41)52-33(58)21-50-32(57)20-51-35(60)27(42)18-23-11-13-25(56)14-12-23/h3-4,7-8,11-14,22,27-31,56H,5-6,9-10,15-21,41-42H2,1-2H3,(H2,43,59)(H,50,57)(H,51,60)(H,52,58)(H,53,61)(H,54,62)(H,55,63)(H4,44,45,48)(H4,46,47,49)/t27-,28-,29-,30-,31-/m0/s1. The molecule has 0 fully saturated rings. The first-order valence-corrected chi connectivity index (χ1v) is 20.3. The number of carbonyl (C=O) groups is 7. The predicted octanol–water partition coefficient (Wildman–Crippen LogP) is -3.68. The fourth-order valence-electron chi connectivity index (χ4n) is 6.05. The number of rotatable bonds is 27. The van der Waals surface area contributed by atoms with Crippen molar-refractivity contribution in [2.24, 2.45) is 28.9 Å². The molecule has 21 N–H and O–H groups in total. The first-order chi connectivity index (χ1) is 29.7. The average molecular weight is 882 g/mol. The highest BCUT2D eigenvalue weighted by Crippen LogP contribution is 2.15. The second-order valence-corrected chi connectivity index (χ2v) is 15.2. The summed E-state index contributed by atoms with van der Waals surface area (Å²) in [5, 5.41) is 44.6. The van der Waals surface area contributed by atoms with E-state index in [1.807, 2.05) is 0 Å². The van der Waals surface area contributed by atoms with E-state index >= 15 is 0 Å². The molecule has 63 heavy (non-hydrogen) atoms. The van der Waals surface area contributed by atoms with Gasteiger partial charge in [-0.05, 0) is 73.8 Å². The molecule has 0 saturated heterocycles. The number of guanidine groups is 2. The number of aromatic hydroxyl groups is 1. The Kier molecular flexibility index (Phi) is 22.2. The van der Waals surface area contributed by atoms with Crippen LogP contribution in [0.1, 0.15) is 57.1 Å². The fraction of sp³-hybridized carbons (Fsp3) is 0.475. The van der Waals surface area contributed by atoms with Crippen LogP contribution in [0.5, 0.6) is 5.75 Å². The molecule has 0 aromatic heterocycles. The molecule has 5 atom stereocenters. The summed E-state index contributed by atoms with van der Waals surface area (Å²) in [5.74, 6) is -5.92. The Morgan fingerprint density at radius 3 is 1.71 bits per heavy atom. The number of carbonyl (C=O) groups excluding carboxylic acids is 7. The van der Waals surface area contributed by atoms with E-state index in [0.717, 1.165) is 0 Å². The maximum atomic E-state index is 14.0. The van der Waals surface area contributed by atoms with Crippen LogP contribution in [0.2, 0.25) is 0 Å². The van der Waals surface area contributed by atoms with Gasteiger partial charge in [0.05, 0.1) is 19.1 Å². The minimum absolute atomic E-state index is 0.0194. The van der Waals surface area contributed by atoms with Crippen molar-refractivity contribution < 1.29 is 38.7 Å². The van der Waals surface area contributed by atoms with Crippen molar-refractivity contribution in [3.63, 3.8) is 0 Å². The molecule has 2 rings (SSSR count). The number of para-hydroxylation sites is 1. The Morgan fingerprint density at radius 2 is 1.14 bits per heavy atom. The van der Waals surface area contributed by atoms with E-state index in [2.05, 4.69) is 42.5 Å². The van der Waals surface area contributed by atoms with Crippen LogP contribution < -0.4 is 71.2 Å². The Morgan fingerprint density at radius 1 is 0.619 bits per heavy atom. The SMILES string of the molecule is CC(C)C[C@H](NC(=O)[C@H](Cc1ccccc1N)NC(=O)CNC(=O)CNC(=O)[C@@H](N)Cc1ccc(O)cc1)C(=O)N[C@@H](CCCNC(=N)N)C(=O)N[C@@H](CCCNC(=N)N)C(N)=O. The largest absolute Gasteiger partial charge is 0.508 e. The Labute approximate surface area is 365 Å². The van der Waals surface area contributed by atoms with Gasteiger partial charge in [-0.15, -0.1) is 0 Å². The summed E-state index contributed by atoms with van der Waals surface area (Å²) < 4.78 is 0. The number of amides is 7. The number of anilines is 1. The lowest BCUT2D eigenvalue weighted by molar-refractivity contribution is -0.134. The van der Waals surface area contributed by atoms with E-state index in [4.69, 9.17) is 39.5 Å². The van der Waals surface area contributed by atoms with Crippen LogP contribution in [-0.4, -0.2) is 115 Å². The summed E-state index contributed by atoms with van der Waals surface area (Å²) in [4.78, 5) is 92.0. The maximum absolute atomic E-state index is 14.0. The van der Waals surface area contributed by atoms with Crippen LogP contribution in [0.15, 0.2) is 48.5 Å². The molecule has 7 amide bonds. The van der Waals surface area contributed by atoms with Gasteiger partial charge < -0.3 is 76.3 Å². The van der Waals surface area contributed by atoms with Gasteiger partial charge in [-0.25, -0.2) is 0 Å². The van der Waals surface area contributed by atoms with Crippen molar-refractivity contribution in [2.45, 2.75) is 89.0 Å². The smallest absolute Gasteiger partial charge is 0.243 e. The second-order valence-electron chi connectivity index (χ2n) is 15.2. The molecule has 346 valence electrons. The van der Waals surface area contributed by atoms with Gasteiger partial charge in [-0.3, -0.25) is 44.4 Å². The molecule has 0 saturated carbocycles. The van der Waals surface area contributed by atoms with E-state index < -0.39 is 84.6 Å². The normalized spacial score (nSPS) is 13.1. The second kappa shape index (κ2) is 26.9. The summed E-state index contributed by atoms with van der Waals surface area (Å²) >= 11 is 0. The number of primary amides is 1. The van der Waals surface area contributed by atoms with E-state index in [-0.39, 0.29) is 75.2 Å². The van der Waals surface area contributed by atoms with Crippen LogP contribution in [0.4, 0.5) is 5.69 Å². The van der Waals surface area contributed by atoms with Gasteiger partial charge in [0.2, 0.25) is 41.4 Å². The highest BCUT2D eigenvalue weighted by atomic mass is 16.3. The van der Waals surface area contributed by atoms with Crippen molar-refractivity contribution in [3.8, 4) is 5.75 Å². The van der Waals surface area contributed by atoms with Gasteiger partial charge in [-0.2, -0.15) is 0 Å². The highest BCUT2D eigenvalue weighted by Gasteiger charge is 2.32. The molecule has 0 radical (unpaired) electrons. The van der Waals surface area contributed by atoms with Gasteiger partial charge in [0, 0.05) is 25.2 Å². The number of benzene rings is 2. The topological polar surface area (TPSA) is 414 Å². The van der Waals surface area contributed by atoms with Gasteiger partial charge in [0.15, 0.2) is 11.9 Å². The fourth-order valence-corrected chi connectivity index (χ4v) is 6.05. The van der Waals surface area contributed by atoms with Crippen LogP contribution in [0, 0.1) is 16.7 Å². The third-order valence-corrected chi connectivity index (χ3v) is 9.33. The first-order valence-electron chi connectivity index (χ1n) is 20.3. The van der Waals surface area contributed by atoms with E-state index in [0.29, 0.717) is 23.2 Å². The number of nitrogen functional groups attached to an aromatic ring is 1. The lowest BCUT2D eigenvalue weighted by Crippen LogP contribution is -2.59. The first kappa shape index (κ1) is 52.0. The number of hydrogen-bond acceptors (Lipinski definition) is 12. The van der Waals surface area contributed by atoms with Crippen LogP contribution in [-0.2, 0) is 46.4 Å². The molecule has 23 nitrogen and oxygen atoms in total. The summed E-state index contributed by atoms with van der Waals surface area (Å²) in [7, 11) is 0. The third kappa shape index (κ3) is 20.8.